The van der Waals surface area contributed by atoms with Gasteiger partial charge in [0.2, 0.25) is 0 Å². The Kier molecular flexibility index (Phi) is 7.33. The second-order valence-electron chi connectivity index (χ2n) is 7.26. The zero-order valence-corrected chi connectivity index (χ0v) is 17.3. The van der Waals surface area contributed by atoms with Gasteiger partial charge in [0, 0.05) is 13.1 Å². The number of furan rings is 1. The molecule has 0 saturated heterocycles. The molecule has 3 aromatic rings. The van der Waals surface area contributed by atoms with Gasteiger partial charge in [-0.25, -0.2) is 0 Å². The number of ether oxygens (including phenoxy) is 2. The van der Waals surface area contributed by atoms with Gasteiger partial charge in [-0.1, -0.05) is 24.3 Å². The molecule has 5 heteroatoms. The molecule has 1 atom stereocenters. The van der Waals surface area contributed by atoms with Gasteiger partial charge in [0.25, 0.3) is 0 Å². The normalized spacial score (nSPS) is 12.2. The number of aliphatic hydroxyl groups excluding tert-OH is 1. The summed E-state index contributed by atoms with van der Waals surface area (Å²) in [4.78, 5) is 2.14. The Morgan fingerprint density at radius 1 is 1.03 bits per heavy atom. The van der Waals surface area contributed by atoms with Crippen LogP contribution in [0.5, 0.6) is 11.5 Å². The van der Waals surface area contributed by atoms with Crippen LogP contribution in [0.1, 0.15) is 22.5 Å². The number of hydrogen-bond acceptors (Lipinski definition) is 5. The lowest BCUT2D eigenvalue weighted by Crippen LogP contribution is -2.35. The van der Waals surface area contributed by atoms with Gasteiger partial charge in [0.1, 0.15) is 30.0 Å². The van der Waals surface area contributed by atoms with Crippen LogP contribution in [0.25, 0.3) is 0 Å². The van der Waals surface area contributed by atoms with Gasteiger partial charge in [-0.15, -0.1) is 0 Å². The summed E-state index contributed by atoms with van der Waals surface area (Å²) >= 11 is 0. The highest BCUT2D eigenvalue weighted by molar-refractivity contribution is 5.38. The van der Waals surface area contributed by atoms with Crippen LogP contribution in [0.2, 0.25) is 0 Å². The molecule has 1 unspecified atom stereocenters. The maximum absolute atomic E-state index is 10.6. The summed E-state index contributed by atoms with van der Waals surface area (Å²) in [6, 6.07) is 17.7. The Hall–Kier alpha value is -2.76. The van der Waals surface area contributed by atoms with Crippen molar-refractivity contribution in [3.05, 3.63) is 83.3 Å². The van der Waals surface area contributed by atoms with Crippen molar-refractivity contribution >= 4 is 0 Å². The van der Waals surface area contributed by atoms with E-state index in [4.69, 9.17) is 13.9 Å². The largest absolute Gasteiger partial charge is 0.497 e. The molecule has 3 rings (SSSR count). The van der Waals surface area contributed by atoms with Crippen molar-refractivity contribution in [3.8, 4) is 11.5 Å². The summed E-state index contributed by atoms with van der Waals surface area (Å²) in [7, 11) is 1.66. The van der Waals surface area contributed by atoms with E-state index in [2.05, 4.69) is 24.0 Å². The van der Waals surface area contributed by atoms with Crippen LogP contribution in [0.4, 0.5) is 0 Å². The minimum absolute atomic E-state index is 0.233. The summed E-state index contributed by atoms with van der Waals surface area (Å²) < 4.78 is 16.7. The molecule has 0 aliphatic carbocycles. The van der Waals surface area contributed by atoms with E-state index in [9.17, 15) is 5.11 Å². The van der Waals surface area contributed by atoms with Crippen LogP contribution in [-0.2, 0) is 13.1 Å². The van der Waals surface area contributed by atoms with Crippen LogP contribution in [0.3, 0.4) is 0 Å². The molecule has 0 aliphatic heterocycles. The molecule has 0 spiro atoms. The average Bonchev–Trinajstić information content (AvgIpc) is 3.22. The highest BCUT2D eigenvalue weighted by Crippen LogP contribution is 2.21. The highest BCUT2D eigenvalue weighted by Gasteiger charge is 2.16. The molecule has 5 nitrogen and oxygen atoms in total. The lowest BCUT2D eigenvalue weighted by molar-refractivity contribution is 0.0602. The minimum atomic E-state index is -0.629. The molecule has 0 amide bonds. The molecule has 0 fully saturated rings. The standard InChI is InChI=1S/C24H29NO4/c1-18-7-4-11-24(19(18)2)29-17-21(26)15-25(16-23-10-6-12-28-23)14-20-8-5-9-22(13-20)27-3/h4-13,21,26H,14-17H2,1-3H3. The summed E-state index contributed by atoms with van der Waals surface area (Å²) in [6.45, 7) is 6.05. The van der Waals surface area contributed by atoms with Crippen LogP contribution in [0, 0.1) is 13.8 Å². The molecule has 29 heavy (non-hydrogen) atoms. The van der Waals surface area contributed by atoms with E-state index < -0.39 is 6.10 Å². The number of methoxy groups -OCH3 is 1. The SMILES string of the molecule is COc1cccc(CN(Cc2ccco2)CC(O)COc2cccc(C)c2C)c1. The first-order valence-electron chi connectivity index (χ1n) is 9.80. The van der Waals surface area contributed by atoms with Crippen molar-refractivity contribution in [1.29, 1.82) is 0 Å². The molecule has 0 radical (unpaired) electrons. The Morgan fingerprint density at radius 2 is 1.86 bits per heavy atom. The fraction of sp³-hybridized carbons (Fsp3) is 0.333. The predicted molar refractivity (Wildman–Crippen MR) is 113 cm³/mol. The Balaban J connectivity index is 1.64. The van der Waals surface area contributed by atoms with Gasteiger partial charge in [0.15, 0.2) is 0 Å². The molecule has 1 aromatic heterocycles. The molecule has 154 valence electrons. The Bertz CT molecular complexity index is 892. The third kappa shape index (κ3) is 6.11. The lowest BCUT2D eigenvalue weighted by atomic mass is 10.1. The van der Waals surface area contributed by atoms with Gasteiger partial charge < -0.3 is 19.0 Å². The van der Waals surface area contributed by atoms with Crippen molar-refractivity contribution < 1.29 is 19.0 Å². The molecule has 1 heterocycles. The number of nitrogens with zero attached hydrogens (tertiary/aromatic N) is 1. The fourth-order valence-corrected chi connectivity index (χ4v) is 3.25. The van der Waals surface area contributed by atoms with E-state index in [1.165, 1.54) is 5.56 Å². The van der Waals surface area contributed by atoms with Gasteiger partial charge in [-0.2, -0.15) is 0 Å². The summed E-state index contributed by atoms with van der Waals surface area (Å²) in [6.07, 6.45) is 1.04. The van der Waals surface area contributed by atoms with Crippen LogP contribution in [-0.4, -0.2) is 36.4 Å². The number of hydrogen-bond donors (Lipinski definition) is 1. The maximum atomic E-state index is 10.6. The summed E-state index contributed by atoms with van der Waals surface area (Å²) in [5.74, 6) is 2.49. The zero-order valence-electron chi connectivity index (χ0n) is 17.3. The van der Waals surface area contributed by atoms with Crippen molar-refractivity contribution in [2.24, 2.45) is 0 Å². The van der Waals surface area contributed by atoms with E-state index in [-0.39, 0.29) is 6.61 Å². The molecule has 0 bridgehead atoms. The average molecular weight is 395 g/mol. The van der Waals surface area contributed by atoms with Gasteiger partial charge in [-0.05, 0) is 60.9 Å². The maximum Gasteiger partial charge on any atom is 0.122 e. The van der Waals surface area contributed by atoms with Gasteiger partial charge in [-0.3, -0.25) is 4.90 Å². The number of rotatable bonds is 10. The Morgan fingerprint density at radius 3 is 2.62 bits per heavy atom. The van der Waals surface area contributed by atoms with E-state index in [0.717, 1.165) is 28.4 Å². The molecular formula is C24H29NO4. The van der Waals surface area contributed by atoms with E-state index in [1.807, 2.05) is 49.4 Å². The Labute approximate surface area is 172 Å². The molecule has 0 saturated carbocycles. The van der Waals surface area contributed by atoms with Crippen molar-refractivity contribution in [3.63, 3.8) is 0 Å². The van der Waals surface area contributed by atoms with E-state index >= 15 is 0 Å². The van der Waals surface area contributed by atoms with Gasteiger partial charge in [0.05, 0.1) is 19.9 Å². The first-order chi connectivity index (χ1) is 14.0. The van der Waals surface area contributed by atoms with Crippen molar-refractivity contribution in [1.82, 2.24) is 4.90 Å². The molecular weight excluding hydrogens is 366 g/mol. The third-order valence-corrected chi connectivity index (χ3v) is 4.95. The van der Waals surface area contributed by atoms with Crippen molar-refractivity contribution in [2.75, 3.05) is 20.3 Å². The lowest BCUT2D eigenvalue weighted by Gasteiger charge is -2.25. The second-order valence-corrected chi connectivity index (χ2v) is 7.26. The monoisotopic (exact) mass is 395 g/mol. The van der Waals surface area contributed by atoms with Crippen LogP contribution < -0.4 is 9.47 Å². The third-order valence-electron chi connectivity index (χ3n) is 4.95. The second kappa shape index (κ2) is 10.1. The van der Waals surface area contributed by atoms with E-state index in [0.29, 0.717) is 19.6 Å². The minimum Gasteiger partial charge on any atom is -0.497 e. The van der Waals surface area contributed by atoms with Gasteiger partial charge >= 0.3 is 0 Å². The van der Waals surface area contributed by atoms with Crippen LogP contribution in [0.15, 0.2) is 65.3 Å². The zero-order chi connectivity index (χ0) is 20.6. The predicted octanol–water partition coefficient (Wildman–Crippen LogP) is 4.35. The molecule has 1 N–H and O–H groups in total. The highest BCUT2D eigenvalue weighted by atomic mass is 16.5. The van der Waals surface area contributed by atoms with Crippen LogP contribution >= 0.6 is 0 Å². The fourth-order valence-electron chi connectivity index (χ4n) is 3.25. The molecule has 0 aliphatic rings. The van der Waals surface area contributed by atoms with E-state index in [1.54, 1.807) is 13.4 Å². The quantitative estimate of drug-likeness (QED) is 0.553. The summed E-state index contributed by atoms with van der Waals surface area (Å²) in [5.41, 5.74) is 3.39. The number of aryl methyl sites for hydroxylation is 1. The number of aliphatic hydroxyl groups is 1. The first kappa shape index (κ1) is 21.0. The number of benzene rings is 2. The molecule has 2 aromatic carbocycles. The topological polar surface area (TPSA) is 55.1 Å². The first-order valence-corrected chi connectivity index (χ1v) is 9.80. The summed E-state index contributed by atoms with van der Waals surface area (Å²) in [5, 5.41) is 10.6. The smallest absolute Gasteiger partial charge is 0.122 e. The van der Waals surface area contributed by atoms with Crippen molar-refractivity contribution in [2.45, 2.75) is 33.0 Å².